The summed E-state index contributed by atoms with van der Waals surface area (Å²) in [5.41, 5.74) is 0. The van der Waals surface area contributed by atoms with Crippen molar-refractivity contribution in [3.63, 3.8) is 0 Å². The van der Waals surface area contributed by atoms with E-state index in [1.165, 1.54) is 22.3 Å². The van der Waals surface area contributed by atoms with E-state index in [0.717, 1.165) is 26.2 Å². The second-order valence-electron chi connectivity index (χ2n) is 4.80. The van der Waals surface area contributed by atoms with Gasteiger partial charge in [0.05, 0.1) is 0 Å². The molecule has 1 fully saturated rings. The van der Waals surface area contributed by atoms with E-state index in [1.54, 1.807) is 11.3 Å². The summed E-state index contributed by atoms with van der Waals surface area (Å²) in [5.74, 6) is 1.17. The summed E-state index contributed by atoms with van der Waals surface area (Å²) in [7, 11) is 0. The summed E-state index contributed by atoms with van der Waals surface area (Å²) in [6.45, 7) is 5.67. The fraction of sp³-hybridized carbons (Fsp3) is 0.400. The van der Waals surface area contributed by atoms with Crippen molar-refractivity contribution in [1.29, 1.82) is 0 Å². The molecule has 3 nitrogen and oxygen atoms in total. The quantitative estimate of drug-likeness (QED) is 0.790. The summed E-state index contributed by atoms with van der Waals surface area (Å²) >= 11 is 3.69. The smallest absolute Gasteiger partial charge is 0.185 e. The lowest BCUT2D eigenvalue weighted by Gasteiger charge is -2.34. The maximum atomic E-state index is 4.39. The zero-order chi connectivity index (χ0) is 13.6. The van der Waals surface area contributed by atoms with Crippen molar-refractivity contribution >= 4 is 28.2 Å². The number of rotatable bonds is 5. The van der Waals surface area contributed by atoms with Crippen molar-refractivity contribution in [3.05, 3.63) is 41.9 Å². The first-order valence-corrected chi connectivity index (χ1v) is 8.83. The van der Waals surface area contributed by atoms with Crippen LogP contribution in [0.4, 0.5) is 5.13 Å². The summed E-state index contributed by atoms with van der Waals surface area (Å²) in [6, 6.07) is 10.7. The molecular weight excluding hydrogens is 286 g/mol. The third-order valence-electron chi connectivity index (χ3n) is 3.48. The fourth-order valence-corrected chi connectivity index (χ4v) is 3.98. The highest BCUT2D eigenvalue weighted by molar-refractivity contribution is 7.99. The summed E-state index contributed by atoms with van der Waals surface area (Å²) in [5, 5.41) is 3.22. The first kappa shape index (κ1) is 13.9. The molecule has 0 saturated carbocycles. The zero-order valence-electron chi connectivity index (χ0n) is 11.4. The lowest BCUT2D eigenvalue weighted by atomic mass is 10.3. The van der Waals surface area contributed by atoms with E-state index in [2.05, 4.69) is 50.5 Å². The van der Waals surface area contributed by atoms with E-state index in [9.17, 15) is 0 Å². The molecule has 3 rings (SSSR count). The highest BCUT2D eigenvalue weighted by Crippen LogP contribution is 2.20. The zero-order valence-corrected chi connectivity index (χ0v) is 13.1. The standard InChI is InChI=1S/C15H19N3S2/c1-2-4-14(5-3-1)19-13-11-17-7-9-18(10-8-17)15-16-6-12-20-15/h1-6,12H,7-11,13H2. The number of thiazole rings is 1. The molecule has 5 heteroatoms. The van der Waals surface area contributed by atoms with E-state index >= 15 is 0 Å². The van der Waals surface area contributed by atoms with Gasteiger partial charge in [-0.05, 0) is 12.1 Å². The van der Waals surface area contributed by atoms with Crippen LogP contribution in [0, 0.1) is 0 Å². The molecule has 1 aromatic heterocycles. The number of nitrogens with zero attached hydrogens (tertiary/aromatic N) is 3. The van der Waals surface area contributed by atoms with Gasteiger partial charge in [-0.2, -0.15) is 0 Å². The van der Waals surface area contributed by atoms with E-state index in [4.69, 9.17) is 0 Å². The molecule has 0 aliphatic carbocycles. The summed E-state index contributed by atoms with van der Waals surface area (Å²) < 4.78 is 0. The average molecular weight is 305 g/mol. The van der Waals surface area contributed by atoms with Crippen molar-refractivity contribution in [1.82, 2.24) is 9.88 Å². The molecule has 0 spiro atoms. The number of hydrogen-bond donors (Lipinski definition) is 0. The van der Waals surface area contributed by atoms with Crippen LogP contribution in [0.1, 0.15) is 0 Å². The van der Waals surface area contributed by atoms with Crippen LogP contribution in [0.3, 0.4) is 0 Å². The van der Waals surface area contributed by atoms with Crippen LogP contribution in [-0.4, -0.2) is 48.4 Å². The van der Waals surface area contributed by atoms with Crippen molar-refractivity contribution in [2.24, 2.45) is 0 Å². The van der Waals surface area contributed by atoms with Gasteiger partial charge >= 0.3 is 0 Å². The number of piperazine rings is 1. The minimum absolute atomic E-state index is 1.10. The van der Waals surface area contributed by atoms with E-state index < -0.39 is 0 Å². The number of thioether (sulfide) groups is 1. The molecule has 0 bridgehead atoms. The predicted molar refractivity (Wildman–Crippen MR) is 87.9 cm³/mol. The summed E-state index contributed by atoms with van der Waals surface area (Å²) in [6.07, 6.45) is 1.89. The Bertz CT molecular complexity index is 493. The lowest BCUT2D eigenvalue weighted by molar-refractivity contribution is 0.273. The fourth-order valence-electron chi connectivity index (χ4n) is 2.34. The van der Waals surface area contributed by atoms with E-state index in [0.29, 0.717) is 0 Å². The average Bonchev–Trinajstić information content (AvgIpc) is 3.03. The summed E-state index contributed by atoms with van der Waals surface area (Å²) in [4.78, 5) is 10.7. The van der Waals surface area contributed by atoms with Gasteiger partial charge in [-0.1, -0.05) is 18.2 Å². The van der Waals surface area contributed by atoms with Gasteiger partial charge in [0, 0.05) is 54.9 Å². The Morgan fingerprint density at radius 2 is 1.90 bits per heavy atom. The second kappa shape index (κ2) is 7.11. The lowest BCUT2D eigenvalue weighted by Crippen LogP contribution is -2.47. The van der Waals surface area contributed by atoms with Gasteiger partial charge in [0.25, 0.3) is 0 Å². The molecular formula is C15H19N3S2. The molecule has 1 saturated heterocycles. The van der Waals surface area contributed by atoms with Crippen molar-refractivity contribution in [2.45, 2.75) is 4.90 Å². The van der Waals surface area contributed by atoms with Crippen LogP contribution < -0.4 is 4.90 Å². The van der Waals surface area contributed by atoms with Gasteiger partial charge in [0.15, 0.2) is 5.13 Å². The molecule has 106 valence electrons. The van der Waals surface area contributed by atoms with Crippen LogP contribution in [0.5, 0.6) is 0 Å². The molecule has 0 amide bonds. The maximum absolute atomic E-state index is 4.39. The van der Waals surface area contributed by atoms with E-state index in [-0.39, 0.29) is 0 Å². The van der Waals surface area contributed by atoms with Gasteiger partial charge in [-0.3, -0.25) is 4.90 Å². The highest BCUT2D eigenvalue weighted by Gasteiger charge is 2.18. The SMILES string of the molecule is c1ccc(SCCN2CCN(c3nccs3)CC2)cc1. The highest BCUT2D eigenvalue weighted by atomic mass is 32.2. The maximum Gasteiger partial charge on any atom is 0.185 e. The predicted octanol–water partition coefficient (Wildman–Crippen LogP) is 3.06. The second-order valence-corrected chi connectivity index (χ2v) is 6.85. The third-order valence-corrected chi connectivity index (χ3v) is 5.31. The Labute approximate surface area is 128 Å². The molecule has 2 aromatic rings. The first-order valence-electron chi connectivity index (χ1n) is 6.96. The Morgan fingerprint density at radius 3 is 2.60 bits per heavy atom. The number of benzene rings is 1. The Hall–Kier alpha value is -1.04. The van der Waals surface area contributed by atoms with Gasteiger partial charge in [0.2, 0.25) is 0 Å². The normalized spacial score (nSPS) is 16.5. The van der Waals surface area contributed by atoms with Crippen LogP contribution in [0.25, 0.3) is 0 Å². The van der Waals surface area contributed by atoms with Crippen LogP contribution in [0.15, 0.2) is 46.8 Å². The minimum Gasteiger partial charge on any atom is -0.346 e. The van der Waals surface area contributed by atoms with Gasteiger partial charge in [0.1, 0.15) is 0 Å². The molecule has 2 heterocycles. The molecule has 20 heavy (non-hydrogen) atoms. The Morgan fingerprint density at radius 1 is 1.10 bits per heavy atom. The van der Waals surface area contributed by atoms with Crippen molar-refractivity contribution in [2.75, 3.05) is 43.4 Å². The minimum atomic E-state index is 1.10. The monoisotopic (exact) mass is 305 g/mol. The molecule has 0 atom stereocenters. The molecule has 1 aliphatic rings. The first-order chi connectivity index (χ1) is 9.92. The van der Waals surface area contributed by atoms with Gasteiger partial charge in [-0.25, -0.2) is 4.98 Å². The van der Waals surface area contributed by atoms with Gasteiger partial charge < -0.3 is 4.90 Å². The molecule has 0 N–H and O–H groups in total. The third kappa shape index (κ3) is 3.75. The molecule has 0 radical (unpaired) electrons. The van der Waals surface area contributed by atoms with E-state index in [1.807, 2.05) is 18.0 Å². The largest absolute Gasteiger partial charge is 0.346 e. The number of aromatic nitrogens is 1. The Kier molecular flexibility index (Phi) is 4.95. The van der Waals surface area contributed by atoms with Crippen LogP contribution in [-0.2, 0) is 0 Å². The van der Waals surface area contributed by atoms with Gasteiger partial charge in [-0.15, -0.1) is 23.1 Å². The van der Waals surface area contributed by atoms with Crippen molar-refractivity contribution in [3.8, 4) is 0 Å². The topological polar surface area (TPSA) is 19.4 Å². The Balaban J connectivity index is 1.39. The number of anilines is 1. The van der Waals surface area contributed by atoms with Crippen LogP contribution >= 0.6 is 23.1 Å². The van der Waals surface area contributed by atoms with Crippen LogP contribution in [0.2, 0.25) is 0 Å². The molecule has 1 aliphatic heterocycles. The van der Waals surface area contributed by atoms with Crippen molar-refractivity contribution < 1.29 is 0 Å². The number of hydrogen-bond acceptors (Lipinski definition) is 5. The molecule has 1 aromatic carbocycles. The molecule has 0 unspecified atom stereocenters.